The van der Waals surface area contributed by atoms with E-state index >= 15 is 0 Å². The molecule has 2 nitrogen and oxygen atoms in total. The third kappa shape index (κ3) is 1.09. The summed E-state index contributed by atoms with van der Waals surface area (Å²) in [4.78, 5) is 10.8. The first-order valence-corrected chi connectivity index (χ1v) is 3.09. The van der Waals surface area contributed by atoms with Crippen molar-refractivity contribution >= 4 is 5.78 Å². The standard InChI is InChI=1S/C8H8O2/c1-2-3-6-7(9)4-5-8(6)10/h1,4-7,9H,3H2. The normalized spacial score (nSPS) is 30.6. The van der Waals surface area contributed by atoms with Crippen LogP contribution in [0.3, 0.4) is 0 Å². The Morgan fingerprint density at radius 3 is 2.90 bits per heavy atom. The lowest BCUT2D eigenvalue weighted by atomic mass is 10.0. The monoisotopic (exact) mass is 136 g/mol. The molecule has 0 aromatic rings. The van der Waals surface area contributed by atoms with Gasteiger partial charge in [-0.15, -0.1) is 12.3 Å². The molecule has 0 aromatic carbocycles. The fourth-order valence-electron chi connectivity index (χ4n) is 0.968. The molecular formula is C8H8O2. The fraction of sp³-hybridized carbons (Fsp3) is 0.375. The molecule has 0 aromatic heterocycles. The van der Waals surface area contributed by atoms with E-state index in [0.29, 0.717) is 6.42 Å². The maximum Gasteiger partial charge on any atom is 0.162 e. The van der Waals surface area contributed by atoms with Gasteiger partial charge in [-0.3, -0.25) is 4.79 Å². The third-order valence-electron chi connectivity index (χ3n) is 1.57. The Labute approximate surface area is 59.6 Å². The zero-order valence-corrected chi connectivity index (χ0v) is 5.45. The quantitative estimate of drug-likeness (QED) is 0.520. The molecule has 0 spiro atoms. The van der Waals surface area contributed by atoms with Gasteiger partial charge in [-0.1, -0.05) is 6.08 Å². The molecule has 0 heterocycles. The van der Waals surface area contributed by atoms with E-state index in [1.54, 1.807) is 0 Å². The smallest absolute Gasteiger partial charge is 0.162 e. The lowest BCUT2D eigenvalue weighted by molar-refractivity contribution is -0.119. The van der Waals surface area contributed by atoms with Gasteiger partial charge in [0.15, 0.2) is 5.78 Å². The number of ketones is 1. The molecule has 0 fully saturated rings. The molecule has 0 amide bonds. The fourth-order valence-corrected chi connectivity index (χ4v) is 0.968. The maximum absolute atomic E-state index is 10.8. The molecular weight excluding hydrogens is 128 g/mol. The molecule has 0 aliphatic heterocycles. The van der Waals surface area contributed by atoms with Gasteiger partial charge in [0, 0.05) is 6.42 Å². The van der Waals surface area contributed by atoms with Crippen LogP contribution >= 0.6 is 0 Å². The highest BCUT2D eigenvalue weighted by molar-refractivity contribution is 5.95. The summed E-state index contributed by atoms with van der Waals surface area (Å²) in [5, 5.41) is 9.09. The zero-order valence-electron chi connectivity index (χ0n) is 5.45. The van der Waals surface area contributed by atoms with Crippen LogP contribution in [0.25, 0.3) is 0 Å². The van der Waals surface area contributed by atoms with E-state index in [0.717, 1.165) is 0 Å². The molecule has 1 aliphatic carbocycles. The van der Waals surface area contributed by atoms with E-state index < -0.39 is 6.10 Å². The van der Waals surface area contributed by atoms with E-state index in [4.69, 9.17) is 11.5 Å². The number of allylic oxidation sites excluding steroid dienone is 1. The molecule has 2 unspecified atom stereocenters. The third-order valence-corrected chi connectivity index (χ3v) is 1.57. The molecule has 1 aliphatic rings. The number of terminal acetylenes is 1. The lowest BCUT2D eigenvalue weighted by Crippen LogP contribution is -2.18. The van der Waals surface area contributed by atoms with Gasteiger partial charge in [0.05, 0.1) is 12.0 Å². The zero-order chi connectivity index (χ0) is 7.56. The Morgan fingerprint density at radius 1 is 1.80 bits per heavy atom. The summed E-state index contributed by atoms with van der Waals surface area (Å²) in [5.41, 5.74) is 0. The minimum Gasteiger partial charge on any atom is -0.388 e. The minimum absolute atomic E-state index is 0.0644. The highest BCUT2D eigenvalue weighted by Crippen LogP contribution is 2.17. The van der Waals surface area contributed by atoms with Crippen LogP contribution < -0.4 is 0 Å². The molecule has 0 bridgehead atoms. The summed E-state index contributed by atoms with van der Waals surface area (Å²) in [6, 6.07) is 0. The second-order valence-electron chi connectivity index (χ2n) is 2.27. The number of aliphatic hydroxyl groups is 1. The van der Waals surface area contributed by atoms with Gasteiger partial charge in [-0.2, -0.15) is 0 Å². The Balaban J connectivity index is 2.62. The molecule has 0 saturated carbocycles. The minimum atomic E-state index is -0.663. The van der Waals surface area contributed by atoms with E-state index in [-0.39, 0.29) is 11.7 Å². The van der Waals surface area contributed by atoms with E-state index in [2.05, 4.69) is 5.92 Å². The molecule has 2 heteroatoms. The van der Waals surface area contributed by atoms with E-state index in [9.17, 15) is 4.79 Å². The predicted octanol–water partition coefficient (Wildman–Crippen LogP) is 0.126. The van der Waals surface area contributed by atoms with Crippen LogP contribution in [0.4, 0.5) is 0 Å². The Kier molecular flexibility index (Phi) is 1.88. The van der Waals surface area contributed by atoms with Gasteiger partial charge in [-0.25, -0.2) is 0 Å². The van der Waals surface area contributed by atoms with Crippen molar-refractivity contribution in [1.29, 1.82) is 0 Å². The summed E-state index contributed by atoms with van der Waals surface area (Å²) in [7, 11) is 0. The highest BCUT2D eigenvalue weighted by atomic mass is 16.3. The molecule has 52 valence electrons. The number of hydrogen-bond donors (Lipinski definition) is 1. The van der Waals surface area contributed by atoms with Crippen molar-refractivity contribution in [1.82, 2.24) is 0 Å². The largest absolute Gasteiger partial charge is 0.388 e. The van der Waals surface area contributed by atoms with Crippen LogP contribution in [0.1, 0.15) is 6.42 Å². The second-order valence-corrected chi connectivity index (χ2v) is 2.27. The van der Waals surface area contributed by atoms with Gasteiger partial charge in [0.2, 0.25) is 0 Å². The van der Waals surface area contributed by atoms with E-state index in [1.165, 1.54) is 12.2 Å². The van der Waals surface area contributed by atoms with Crippen molar-refractivity contribution < 1.29 is 9.90 Å². The Hall–Kier alpha value is -1.07. The summed E-state index contributed by atoms with van der Waals surface area (Å²) >= 11 is 0. The van der Waals surface area contributed by atoms with Gasteiger partial charge in [0.25, 0.3) is 0 Å². The first-order chi connectivity index (χ1) is 4.75. The first kappa shape index (κ1) is 7.04. The summed E-state index contributed by atoms with van der Waals surface area (Å²) in [6.07, 6.45) is 7.51. The van der Waals surface area contributed by atoms with Gasteiger partial charge >= 0.3 is 0 Å². The lowest BCUT2D eigenvalue weighted by Gasteiger charge is -2.07. The molecule has 0 radical (unpaired) electrons. The number of aliphatic hydroxyl groups excluding tert-OH is 1. The predicted molar refractivity (Wildman–Crippen MR) is 37.1 cm³/mol. The molecule has 10 heavy (non-hydrogen) atoms. The summed E-state index contributed by atoms with van der Waals surface area (Å²) in [5.74, 6) is 1.90. The van der Waals surface area contributed by atoms with Crippen molar-refractivity contribution in [3.63, 3.8) is 0 Å². The van der Waals surface area contributed by atoms with Crippen molar-refractivity contribution in [2.75, 3.05) is 0 Å². The van der Waals surface area contributed by atoms with Crippen LogP contribution in [0.5, 0.6) is 0 Å². The number of hydrogen-bond acceptors (Lipinski definition) is 2. The van der Waals surface area contributed by atoms with Crippen LogP contribution in [0, 0.1) is 18.3 Å². The maximum atomic E-state index is 10.8. The second kappa shape index (κ2) is 2.68. The number of carbonyl (C=O) groups is 1. The summed E-state index contributed by atoms with van der Waals surface area (Å²) < 4.78 is 0. The van der Waals surface area contributed by atoms with Crippen molar-refractivity contribution in [3.05, 3.63) is 12.2 Å². The van der Waals surface area contributed by atoms with Crippen LogP contribution in [0.2, 0.25) is 0 Å². The Bertz CT molecular complexity index is 210. The SMILES string of the molecule is C#CCC1C(=O)C=CC1O. The average Bonchev–Trinajstić information content (AvgIpc) is 2.20. The van der Waals surface area contributed by atoms with E-state index in [1.807, 2.05) is 0 Å². The van der Waals surface area contributed by atoms with Gasteiger partial charge < -0.3 is 5.11 Å². The van der Waals surface area contributed by atoms with Gasteiger partial charge in [0.1, 0.15) is 0 Å². The number of rotatable bonds is 1. The molecule has 0 saturated heterocycles. The van der Waals surface area contributed by atoms with Crippen LogP contribution in [0.15, 0.2) is 12.2 Å². The van der Waals surface area contributed by atoms with Crippen LogP contribution in [-0.4, -0.2) is 17.0 Å². The topological polar surface area (TPSA) is 37.3 Å². The molecule has 1 rings (SSSR count). The Morgan fingerprint density at radius 2 is 2.50 bits per heavy atom. The average molecular weight is 136 g/mol. The number of carbonyl (C=O) groups excluding carboxylic acids is 1. The van der Waals surface area contributed by atoms with Crippen molar-refractivity contribution in [2.24, 2.45) is 5.92 Å². The van der Waals surface area contributed by atoms with Crippen molar-refractivity contribution in [2.45, 2.75) is 12.5 Å². The van der Waals surface area contributed by atoms with Crippen LogP contribution in [-0.2, 0) is 4.79 Å². The first-order valence-electron chi connectivity index (χ1n) is 3.09. The molecule has 1 N–H and O–H groups in total. The van der Waals surface area contributed by atoms with Gasteiger partial charge in [-0.05, 0) is 6.08 Å². The molecule has 2 atom stereocenters. The summed E-state index contributed by atoms with van der Waals surface area (Å²) in [6.45, 7) is 0. The highest BCUT2D eigenvalue weighted by Gasteiger charge is 2.26. The van der Waals surface area contributed by atoms with Crippen molar-refractivity contribution in [3.8, 4) is 12.3 Å².